The number of rotatable bonds is 7. The second-order valence-electron chi connectivity index (χ2n) is 5.19. The second kappa shape index (κ2) is 7.28. The van der Waals surface area contributed by atoms with Gasteiger partial charge in [-0.25, -0.2) is 9.59 Å². The van der Waals surface area contributed by atoms with Gasteiger partial charge in [0.1, 0.15) is 5.54 Å². The minimum atomic E-state index is -1.05. The monoisotopic (exact) mass is 284 g/mol. The third-order valence-corrected chi connectivity index (χ3v) is 3.59. The Balaban J connectivity index is 2.46. The lowest BCUT2D eigenvalue weighted by molar-refractivity contribution is -0.148. The first-order valence-electron chi connectivity index (χ1n) is 6.95. The van der Waals surface area contributed by atoms with E-state index in [2.05, 4.69) is 11.9 Å². The predicted molar refractivity (Wildman–Crippen MR) is 75.6 cm³/mol. The molecule has 1 saturated heterocycles. The average molecular weight is 284 g/mol. The molecule has 1 heterocycles. The van der Waals surface area contributed by atoms with Crippen LogP contribution in [-0.4, -0.2) is 53.8 Å². The predicted octanol–water partition coefficient (Wildman–Crippen LogP) is 1.62. The van der Waals surface area contributed by atoms with Gasteiger partial charge in [-0.15, -0.1) is 0 Å². The molecule has 1 fully saturated rings. The Labute approximate surface area is 119 Å². The van der Waals surface area contributed by atoms with Crippen molar-refractivity contribution in [2.45, 2.75) is 38.6 Å². The lowest BCUT2D eigenvalue weighted by Crippen LogP contribution is -2.55. The summed E-state index contributed by atoms with van der Waals surface area (Å²) in [5.41, 5.74) is -0.130. The van der Waals surface area contributed by atoms with Crippen LogP contribution in [0, 0.1) is 0 Å². The largest absolute Gasteiger partial charge is 0.479 e. The first-order chi connectivity index (χ1) is 9.44. The highest BCUT2D eigenvalue weighted by Crippen LogP contribution is 2.32. The number of carboxylic acid groups (broad SMARTS) is 1. The van der Waals surface area contributed by atoms with Crippen LogP contribution in [-0.2, 0) is 9.53 Å². The van der Waals surface area contributed by atoms with Gasteiger partial charge in [0.25, 0.3) is 0 Å². The lowest BCUT2D eigenvalue weighted by atomic mass is 9.93. The molecule has 0 aromatic carbocycles. The van der Waals surface area contributed by atoms with Crippen LogP contribution in [0.3, 0.4) is 0 Å². The minimum absolute atomic E-state index is 0.328. The van der Waals surface area contributed by atoms with E-state index in [1.807, 2.05) is 6.92 Å². The fraction of sp³-hybridized carbons (Fsp3) is 0.714. The molecule has 2 N–H and O–H groups in total. The smallest absolute Gasteiger partial charge is 0.329 e. The third kappa shape index (κ3) is 3.72. The number of carbonyl (C=O) groups excluding carboxylic acids is 1. The highest BCUT2D eigenvalue weighted by Gasteiger charge is 2.48. The summed E-state index contributed by atoms with van der Waals surface area (Å²) in [6.07, 6.45) is 1.65. The lowest BCUT2D eigenvalue weighted by Gasteiger charge is -2.33. The molecule has 6 nitrogen and oxygen atoms in total. The van der Waals surface area contributed by atoms with Gasteiger partial charge in [0, 0.05) is 13.1 Å². The third-order valence-electron chi connectivity index (χ3n) is 3.59. The molecule has 20 heavy (non-hydrogen) atoms. The number of ether oxygens (including phenoxy) is 1. The van der Waals surface area contributed by atoms with Gasteiger partial charge in [-0.05, 0) is 26.2 Å². The Hall–Kier alpha value is -1.56. The van der Waals surface area contributed by atoms with E-state index in [1.165, 1.54) is 4.90 Å². The van der Waals surface area contributed by atoms with E-state index < -0.39 is 11.5 Å². The zero-order valence-corrected chi connectivity index (χ0v) is 12.3. The van der Waals surface area contributed by atoms with Gasteiger partial charge < -0.3 is 20.1 Å². The van der Waals surface area contributed by atoms with Gasteiger partial charge in [-0.2, -0.15) is 0 Å². The number of aliphatic carboxylic acids is 1. The van der Waals surface area contributed by atoms with Crippen LogP contribution in [0.4, 0.5) is 4.79 Å². The maximum atomic E-state index is 12.1. The number of nitrogens with zero attached hydrogens (tertiary/aromatic N) is 1. The van der Waals surface area contributed by atoms with Crippen molar-refractivity contribution >= 4 is 12.0 Å². The number of hydrogen-bond donors (Lipinski definition) is 2. The molecule has 1 rings (SSSR count). The first kappa shape index (κ1) is 16.5. The molecule has 0 aromatic heterocycles. The Bertz CT molecular complexity index is 383. The molecule has 1 unspecified atom stereocenters. The molecule has 0 bridgehead atoms. The number of nitrogens with one attached hydrogen (secondary N) is 1. The van der Waals surface area contributed by atoms with Crippen LogP contribution in [0.5, 0.6) is 0 Å². The summed E-state index contributed by atoms with van der Waals surface area (Å²) < 4.78 is 5.28. The quantitative estimate of drug-likeness (QED) is 0.550. The summed E-state index contributed by atoms with van der Waals surface area (Å²) in [4.78, 5) is 25.0. The molecule has 0 saturated carbocycles. The van der Waals surface area contributed by atoms with Crippen molar-refractivity contribution in [2.24, 2.45) is 0 Å². The number of hydrogen-bond acceptors (Lipinski definition) is 3. The van der Waals surface area contributed by atoms with Crippen LogP contribution in [0.25, 0.3) is 0 Å². The van der Waals surface area contributed by atoms with Gasteiger partial charge >= 0.3 is 12.0 Å². The van der Waals surface area contributed by atoms with Crippen molar-refractivity contribution in [2.75, 3.05) is 26.3 Å². The summed E-state index contributed by atoms with van der Waals surface area (Å²) in [6, 6.07) is -0.328. The molecular formula is C14H24N2O4. The molecule has 0 radical (unpaired) electrons. The van der Waals surface area contributed by atoms with E-state index >= 15 is 0 Å². The van der Waals surface area contributed by atoms with Crippen molar-refractivity contribution in [3.63, 3.8) is 0 Å². The van der Waals surface area contributed by atoms with Crippen LogP contribution >= 0.6 is 0 Å². The number of urea groups is 1. The highest BCUT2D eigenvalue weighted by atomic mass is 16.5. The van der Waals surface area contributed by atoms with Crippen molar-refractivity contribution < 1.29 is 19.4 Å². The molecule has 114 valence electrons. The Kier molecular flexibility index (Phi) is 6.01. The normalized spacial score (nSPS) is 21.8. The van der Waals surface area contributed by atoms with Gasteiger partial charge in [0.15, 0.2) is 0 Å². The zero-order chi connectivity index (χ0) is 15.2. The molecule has 1 aliphatic heterocycles. The molecule has 1 aliphatic rings. The molecule has 0 aliphatic carbocycles. The Morgan fingerprint density at radius 1 is 1.50 bits per heavy atom. The number of carbonyl (C=O) groups is 2. The van der Waals surface area contributed by atoms with Crippen LogP contribution in [0.2, 0.25) is 0 Å². The highest BCUT2D eigenvalue weighted by molar-refractivity contribution is 5.87. The van der Waals surface area contributed by atoms with Crippen molar-refractivity contribution in [3.8, 4) is 0 Å². The first-order valence-corrected chi connectivity index (χ1v) is 6.95. The van der Waals surface area contributed by atoms with Gasteiger partial charge in [-0.1, -0.05) is 19.1 Å². The maximum absolute atomic E-state index is 12.1. The van der Waals surface area contributed by atoms with E-state index in [-0.39, 0.29) is 6.03 Å². The van der Waals surface area contributed by atoms with Crippen molar-refractivity contribution in [3.05, 3.63) is 12.2 Å². The summed E-state index contributed by atoms with van der Waals surface area (Å²) in [6.45, 7) is 9.08. The second-order valence-corrected chi connectivity index (χ2v) is 5.19. The molecule has 0 spiro atoms. The van der Waals surface area contributed by atoms with E-state index in [9.17, 15) is 14.7 Å². The molecule has 1 atom stereocenters. The summed E-state index contributed by atoms with van der Waals surface area (Å²) >= 11 is 0. The van der Waals surface area contributed by atoms with E-state index in [4.69, 9.17) is 4.74 Å². The molecular weight excluding hydrogens is 260 g/mol. The van der Waals surface area contributed by atoms with E-state index in [0.717, 1.165) is 12.0 Å². The average Bonchev–Trinajstić information content (AvgIpc) is 2.82. The van der Waals surface area contributed by atoms with Gasteiger partial charge in [0.2, 0.25) is 0 Å². The number of carboxylic acids is 1. The molecule has 6 heteroatoms. The molecule has 2 amide bonds. The zero-order valence-electron chi connectivity index (χ0n) is 12.3. The summed E-state index contributed by atoms with van der Waals surface area (Å²) in [5, 5.41) is 12.1. The SMILES string of the molecule is C=C(C)COCCNC(=O)N1CCCC1(CC)C(=O)O. The van der Waals surface area contributed by atoms with Crippen LogP contribution in [0.15, 0.2) is 12.2 Å². The molecule has 0 aromatic rings. The van der Waals surface area contributed by atoms with Gasteiger partial charge in [-0.3, -0.25) is 0 Å². The van der Waals surface area contributed by atoms with Crippen LogP contribution < -0.4 is 5.32 Å². The summed E-state index contributed by atoms with van der Waals surface area (Å²) in [5.74, 6) is -0.925. The minimum Gasteiger partial charge on any atom is -0.479 e. The van der Waals surface area contributed by atoms with Crippen molar-refractivity contribution in [1.82, 2.24) is 10.2 Å². The standard InChI is InChI=1S/C14H24N2O4/c1-4-14(12(17)18)6-5-8-16(14)13(19)15-7-9-20-10-11(2)3/h2,4-10H2,1,3H3,(H,15,19)(H,17,18). The Morgan fingerprint density at radius 3 is 2.75 bits per heavy atom. The fourth-order valence-electron chi connectivity index (χ4n) is 2.49. The van der Waals surface area contributed by atoms with Gasteiger partial charge in [0.05, 0.1) is 13.2 Å². The number of likely N-dealkylation sites (tertiary alicyclic amines) is 1. The van der Waals surface area contributed by atoms with E-state index in [0.29, 0.717) is 39.1 Å². The topological polar surface area (TPSA) is 78.9 Å². The number of amides is 2. The maximum Gasteiger partial charge on any atom is 0.329 e. The van der Waals surface area contributed by atoms with Crippen LogP contribution in [0.1, 0.15) is 33.1 Å². The Morgan fingerprint density at radius 2 is 2.20 bits per heavy atom. The summed E-state index contributed by atoms with van der Waals surface area (Å²) in [7, 11) is 0. The fourth-order valence-corrected chi connectivity index (χ4v) is 2.49. The van der Waals surface area contributed by atoms with Crippen molar-refractivity contribution in [1.29, 1.82) is 0 Å². The van der Waals surface area contributed by atoms with E-state index in [1.54, 1.807) is 6.92 Å².